The molecule has 32 heavy (non-hydrogen) atoms. The highest BCUT2D eigenvalue weighted by atomic mass is 16.5. The van der Waals surface area contributed by atoms with E-state index >= 15 is 0 Å². The van der Waals surface area contributed by atoms with Crippen LogP contribution in [0.4, 0.5) is 5.69 Å². The number of ether oxygens (including phenoxy) is 1. The number of para-hydroxylation sites is 1. The number of ketones is 1. The molecular formula is C26H25NO5. The van der Waals surface area contributed by atoms with Gasteiger partial charge in [0.25, 0.3) is 0 Å². The van der Waals surface area contributed by atoms with Gasteiger partial charge in [-0.2, -0.15) is 0 Å². The summed E-state index contributed by atoms with van der Waals surface area (Å²) in [5, 5.41) is 0. The summed E-state index contributed by atoms with van der Waals surface area (Å²) in [4.78, 5) is 52.9. The summed E-state index contributed by atoms with van der Waals surface area (Å²) in [5.74, 6) is -1.45. The quantitative estimate of drug-likeness (QED) is 0.408. The van der Waals surface area contributed by atoms with Crippen molar-refractivity contribution in [1.29, 1.82) is 0 Å². The zero-order chi connectivity index (χ0) is 22.6. The van der Waals surface area contributed by atoms with Crippen LogP contribution < -0.4 is 4.90 Å². The van der Waals surface area contributed by atoms with Crippen LogP contribution in [-0.2, 0) is 14.3 Å². The lowest BCUT2D eigenvalue weighted by Crippen LogP contribution is -2.34. The summed E-state index contributed by atoms with van der Waals surface area (Å²) in [6.45, 7) is 3.47. The number of anilines is 1. The third-order valence-corrected chi connectivity index (χ3v) is 7.46. The van der Waals surface area contributed by atoms with E-state index in [2.05, 4.69) is 0 Å². The number of rotatable bonds is 5. The monoisotopic (exact) mass is 431 g/mol. The highest BCUT2D eigenvalue weighted by molar-refractivity contribution is 6.24. The average Bonchev–Trinajstić information content (AvgIpc) is 3.47. The molecule has 2 bridgehead atoms. The van der Waals surface area contributed by atoms with E-state index in [4.69, 9.17) is 4.74 Å². The first-order valence-corrected chi connectivity index (χ1v) is 11.1. The predicted octanol–water partition coefficient (Wildman–Crippen LogP) is 3.88. The maximum absolute atomic E-state index is 13.2. The van der Waals surface area contributed by atoms with Crippen LogP contribution in [0.25, 0.3) is 0 Å². The number of carbonyl (C=O) groups is 4. The fourth-order valence-electron chi connectivity index (χ4n) is 5.69. The van der Waals surface area contributed by atoms with Crippen LogP contribution in [0, 0.1) is 37.5 Å². The highest BCUT2D eigenvalue weighted by Crippen LogP contribution is 2.56. The molecule has 1 heterocycles. The predicted molar refractivity (Wildman–Crippen MR) is 117 cm³/mol. The molecule has 4 atom stereocenters. The molecule has 0 radical (unpaired) electrons. The highest BCUT2D eigenvalue weighted by Gasteiger charge is 2.61. The number of carbonyl (C=O) groups excluding carboxylic acids is 4. The number of fused-ring (bicyclic) bond motifs is 5. The lowest BCUT2D eigenvalue weighted by Gasteiger charge is -2.19. The summed E-state index contributed by atoms with van der Waals surface area (Å²) in [5.41, 5.74) is 2.90. The van der Waals surface area contributed by atoms with Gasteiger partial charge in [-0.1, -0.05) is 24.3 Å². The van der Waals surface area contributed by atoms with Gasteiger partial charge >= 0.3 is 5.97 Å². The molecule has 1 saturated heterocycles. The zero-order valence-electron chi connectivity index (χ0n) is 18.2. The third-order valence-electron chi connectivity index (χ3n) is 7.46. The van der Waals surface area contributed by atoms with E-state index in [1.807, 2.05) is 19.9 Å². The van der Waals surface area contributed by atoms with E-state index in [9.17, 15) is 19.2 Å². The minimum Gasteiger partial charge on any atom is -0.454 e. The van der Waals surface area contributed by atoms with Crippen LogP contribution in [0.2, 0.25) is 0 Å². The average molecular weight is 431 g/mol. The Balaban J connectivity index is 1.35. The second-order valence-corrected chi connectivity index (χ2v) is 9.21. The first-order valence-electron chi connectivity index (χ1n) is 11.1. The topological polar surface area (TPSA) is 80.8 Å². The summed E-state index contributed by atoms with van der Waals surface area (Å²) in [7, 11) is 0. The summed E-state index contributed by atoms with van der Waals surface area (Å²) in [6.07, 6.45) is 2.93. The minimum absolute atomic E-state index is 0.120. The molecule has 2 aromatic rings. The first-order chi connectivity index (χ1) is 15.4. The van der Waals surface area contributed by atoms with Crippen molar-refractivity contribution in [3.05, 3.63) is 64.7 Å². The van der Waals surface area contributed by atoms with Crippen LogP contribution in [0.3, 0.4) is 0 Å². The number of imide groups is 1. The van der Waals surface area contributed by atoms with E-state index in [1.165, 1.54) is 11.0 Å². The summed E-state index contributed by atoms with van der Waals surface area (Å²) in [6, 6.07) is 11.8. The molecule has 6 nitrogen and oxygen atoms in total. The van der Waals surface area contributed by atoms with Crippen molar-refractivity contribution in [1.82, 2.24) is 0 Å². The van der Waals surface area contributed by atoms with Gasteiger partial charge in [-0.05, 0) is 74.3 Å². The molecule has 0 spiro atoms. The molecule has 5 rings (SSSR count). The third kappa shape index (κ3) is 3.17. The molecule has 6 heteroatoms. The Morgan fingerprint density at radius 2 is 1.59 bits per heavy atom. The Bertz CT molecular complexity index is 1120. The second kappa shape index (κ2) is 7.69. The SMILES string of the molecule is Cc1ccc(C(=O)COC(=O)c2ccccc2N2C(=O)[C@@H]3[C@H]4CC[C@@H](C4)[C@@H]3C2=O)cc1C. The Hall–Kier alpha value is -3.28. The molecule has 2 aromatic carbocycles. The van der Waals surface area contributed by atoms with Crippen LogP contribution in [0.15, 0.2) is 42.5 Å². The van der Waals surface area contributed by atoms with Gasteiger partial charge in [-0.15, -0.1) is 0 Å². The molecule has 2 aliphatic carbocycles. The Kier molecular flexibility index (Phi) is 4.96. The molecular weight excluding hydrogens is 406 g/mol. The smallest absolute Gasteiger partial charge is 0.340 e. The fourth-order valence-corrected chi connectivity index (χ4v) is 5.69. The van der Waals surface area contributed by atoms with Crippen molar-refractivity contribution in [2.75, 3.05) is 11.5 Å². The summed E-state index contributed by atoms with van der Waals surface area (Å²) < 4.78 is 5.30. The molecule has 2 saturated carbocycles. The van der Waals surface area contributed by atoms with E-state index in [1.54, 1.807) is 30.3 Å². The van der Waals surface area contributed by atoms with E-state index in [-0.39, 0.29) is 52.5 Å². The Labute approximate surface area is 186 Å². The van der Waals surface area contributed by atoms with Gasteiger partial charge in [0.2, 0.25) is 11.8 Å². The van der Waals surface area contributed by atoms with Crippen molar-refractivity contribution in [2.45, 2.75) is 33.1 Å². The number of nitrogens with zero attached hydrogens (tertiary/aromatic N) is 1. The van der Waals surface area contributed by atoms with Crippen LogP contribution in [0.1, 0.15) is 51.1 Å². The normalized spacial score (nSPS) is 25.9. The lowest BCUT2D eigenvalue weighted by atomic mass is 9.81. The second-order valence-electron chi connectivity index (χ2n) is 9.21. The van der Waals surface area contributed by atoms with Crippen LogP contribution >= 0.6 is 0 Å². The van der Waals surface area contributed by atoms with Crippen molar-refractivity contribution < 1.29 is 23.9 Å². The van der Waals surface area contributed by atoms with Crippen LogP contribution in [0.5, 0.6) is 0 Å². The number of benzene rings is 2. The van der Waals surface area contributed by atoms with Crippen LogP contribution in [-0.4, -0.2) is 30.2 Å². The molecule has 0 aromatic heterocycles. The number of hydrogen-bond acceptors (Lipinski definition) is 5. The molecule has 0 unspecified atom stereocenters. The fraction of sp³-hybridized carbons (Fsp3) is 0.385. The first kappa shape index (κ1) is 20.6. The lowest BCUT2D eigenvalue weighted by molar-refractivity contribution is -0.123. The molecule has 3 aliphatic rings. The van der Waals surface area contributed by atoms with E-state index in [0.29, 0.717) is 5.56 Å². The molecule has 1 aliphatic heterocycles. The van der Waals surface area contributed by atoms with Gasteiger partial charge in [0.05, 0.1) is 23.1 Å². The maximum Gasteiger partial charge on any atom is 0.340 e. The molecule has 3 fully saturated rings. The van der Waals surface area contributed by atoms with Gasteiger partial charge < -0.3 is 4.74 Å². The van der Waals surface area contributed by atoms with Gasteiger partial charge in [0.1, 0.15) is 0 Å². The van der Waals surface area contributed by atoms with Crippen molar-refractivity contribution in [2.24, 2.45) is 23.7 Å². The molecule has 2 amide bonds. The maximum atomic E-state index is 13.2. The number of aryl methyl sites for hydroxylation is 2. The molecule has 164 valence electrons. The zero-order valence-corrected chi connectivity index (χ0v) is 18.2. The molecule has 0 N–H and O–H groups in total. The van der Waals surface area contributed by atoms with Crippen molar-refractivity contribution >= 4 is 29.3 Å². The largest absolute Gasteiger partial charge is 0.454 e. The van der Waals surface area contributed by atoms with Gasteiger partial charge in [-0.3, -0.25) is 14.4 Å². The van der Waals surface area contributed by atoms with Crippen molar-refractivity contribution in [3.8, 4) is 0 Å². The van der Waals surface area contributed by atoms with Gasteiger partial charge in [0.15, 0.2) is 12.4 Å². The van der Waals surface area contributed by atoms with Gasteiger partial charge in [0, 0.05) is 5.56 Å². The van der Waals surface area contributed by atoms with Gasteiger partial charge in [-0.25, -0.2) is 9.69 Å². The van der Waals surface area contributed by atoms with Crippen molar-refractivity contribution in [3.63, 3.8) is 0 Å². The minimum atomic E-state index is -0.724. The van der Waals surface area contributed by atoms with E-state index < -0.39 is 12.6 Å². The Morgan fingerprint density at radius 1 is 0.938 bits per heavy atom. The standard InChI is InChI=1S/C26H25NO5/c1-14-7-8-16(11-15(14)2)21(28)13-32-26(31)19-5-3-4-6-20(19)27-24(29)22-17-9-10-18(12-17)23(22)25(27)30/h3-8,11,17-18,22-23H,9-10,12-13H2,1-2H3/t17-,18-,22-,23+/m0/s1. The van der Waals surface area contributed by atoms with E-state index in [0.717, 1.165) is 30.4 Å². The Morgan fingerprint density at radius 3 is 2.25 bits per heavy atom. The number of hydrogen-bond donors (Lipinski definition) is 0. The number of amides is 2. The number of esters is 1. The summed E-state index contributed by atoms with van der Waals surface area (Å²) >= 11 is 0. The number of Topliss-reactive ketones (excluding diaryl/α,β-unsaturated/α-hetero) is 1.